The molecule has 16 heavy (non-hydrogen) atoms. The molecule has 0 bridgehead atoms. The summed E-state index contributed by atoms with van der Waals surface area (Å²) >= 11 is 0. The summed E-state index contributed by atoms with van der Waals surface area (Å²) in [5, 5.41) is 0. The molecule has 0 aliphatic rings. The molecule has 0 heteroatoms. The molecular weight excluding hydrogens is 192 g/mol. The fourth-order valence-corrected chi connectivity index (χ4v) is 2.26. The number of hydrogen-bond acceptors (Lipinski definition) is 0. The van der Waals surface area contributed by atoms with Crippen molar-refractivity contribution in [3.8, 4) is 0 Å². The molecule has 0 aliphatic heterocycles. The minimum Gasteiger partial charge on any atom is -0.0617 e. The van der Waals surface area contributed by atoms with Gasteiger partial charge in [0.25, 0.3) is 0 Å². The molecule has 0 amide bonds. The van der Waals surface area contributed by atoms with Crippen molar-refractivity contribution in [2.45, 2.75) is 60.3 Å². The Balaban J connectivity index is 3.15. The van der Waals surface area contributed by atoms with Gasteiger partial charge >= 0.3 is 0 Å². The molecule has 0 radical (unpaired) electrons. The second-order valence-corrected chi connectivity index (χ2v) is 7.08. The summed E-state index contributed by atoms with van der Waals surface area (Å²) in [5.41, 5.74) is 5.07. The molecule has 1 rings (SSSR count). The van der Waals surface area contributed by atoms with E-state index in [1.807, 2.05) is 0 Å². The zero-order valence-electron chi connectivity index (χ0n) is 11.9. The fraction of sp³-hybridized carbons (Fsp3) is 0.625. The molecule has 0 saturated heterocycles. The molecule has 0 N–H and O–H groups in total. The van der Waals surface area contributed by atoms with Crippen LogP contribution in [0.15, 0.2) is 18.2 Å². The normalized spacial score (nSPS) is 12.9. The highest BCUT2D eigenvalue weighted by atomic mass is 14.2. The third-order valence-electron chi connectivity index (χ3n) is 2.97. The van der Waals surface area contributed by atoms with Crippen LogP contribution in [-0.2, 0) is 11.8 Å². The average Bonchev–Trinajstić information content (AvgIpc) is 2.04. The van der Waals surface area contributed by atoms with Gasteiger partial charge in [-0.15, -0.1) is 0 Å². The Hall–Kier alpha value is -0.780. The molecule has 0 aliphatic carbocycles. The Labute approximate surface area is 101 Å². The Bertz CT molecular complexity index is 359. The monoisotopic (exact) mass is 218 g/mol. The van der Waals surface area contributed by atoms with E-state index >= 15 is 0 Å². The Kier molecular flexibility index (Phi) is 3.52. The molecular formula is C16H26. The first-order chi connectivity index (χ1) is 7.11. The van der Waals surface area contributed by atoms with Gasteiger partial charge in [0, 0.05) is 0 Å². The van der Waals surface area contributed by atoms with E-state index in [9.17, 15) is 0 Å². The van der Waals surface area contributed by atoms with Gasteiger partial charge in [-0.1, -0.05) is 59.7 Å². The highest BCUT2D eigenvalue weighted by molar-refractivity contribution is 5.38. The van der Waals surface area contributed by atoms with Crippen LogP contribution >= 0.6 is 0 Å². The van der Waals surface area contributed by atoms with Crippen molar-refractivity contribution in [1.29, 1.82) is 0 Å². The Morgan fingerprint density at radius 1 is 0.938 bits per heavy atom. The van der Waals surface area contributed by atoms with Gasteiger partial charge in [-0.3, -0.25) is 0 Å². The van der Waals surface area contributed by atoms with E-state index < -0.39 is 0 Å². The van der Waals surface area contributed by atoms with E-state index in [0.29, 0.717) is 5.41 Å². The highest BCUT2D eigenvalue weighted by Crippen LogP contribution is 2.30. The second-order valence-electron chi connectivity index (χ2n) is 7.08. The van der Waals surface area contributed by atoms with Crippen molar-refractivity contribution in [2.24, 2.45) is 5.41 Å². The van der Waals surface area contributed by atoms with Crippen molar-refractivity contribution < 1.29 is 0 Å². The van der Waals surface area contributed by atoms with Gasteiger partial charge in [0.2, 0.25) is 0 Å². The zero-order valence-corrected chi connectivity index (χ0v) is 11.9. The lowest BCUT2D eigenvalue weighted by atomic mass is 9.79. The molecule has 1 aromatic rings. The third-order valence-corrected chi connectivity index (χ3v) is 2.97. The smallest absolute Gasteiger partial charge is 0.0129 e. The molecule has 0 heterocycles. The molecule has 0 atom stereocenters. The maximum atomic E-state index is 2.30. The van der Waals surface area contributed by atoms with Crippen LogP contribution in [0.3, 0.4) is 0 Å². The van der Waals surface area contributed by atoms with Crippen LogP contribution in [0.4, 0.5) is 0 Å². The minimum atomic E-state index is 0.248. The summed E-state index contributed by atoms with van der Waals surface area (Å²) in [6.45, 7) is 16.0. The zero-order chi connectivity index (χ0) is 12.6. The lowest BCUT2D eigenvalue weighted by Gasteiger charge is -2.26. The first-order valence-corrected chi connectivity index (χ1v) is 6.20. The molecule has 0 nitrogen and oxygen atoms in total. The molecule has 90 valence electrons. The molecule has 0 fully saturated rings. The number of rotatable bonds is 1. The molecule has 1 aromatic carbocycles. The van der Waals surface area contributed by atoms with E-state index in [4.69, 9.17) is 0 Å². The summed E-state index contributed by atoms with van der Waals surface area (Å²) in [6.07, 6.45) is 1.16. The van der Waals surface area contributed by atoms with Gasteiger partial charge in [-0.2, -0.15) is 0 Å². The van der Waals surface area contributed by atoms with Crippen molar-refractivity contribution >= 4 is 0 Å². The second kappa shape index (κ2) is 4.24. The fourth-order valence-electron chi connectivity index (χ4n) is 2.26. The summed E-state index contributed by atoms with van der Waals surface area (Å²) in [5.74, 6) is 0. The molecule has 0 unspecified atom stereocenters. The maximum absolute atomic E-state index is 2.30. The van der Waals surface area contributed by atoms with Crippen molar-refractivity contribution in [2.75, 3.05) is 0 Å². The van der Waals surface area contributed by atoms with E-state index in [-0.39, 0.29) is 5.41 Å². The Morgan fingerprint density at radius 3 is 1.94 bits per heavy atom. The first kappa shape index (κ1) is 13.3. The topological polar surface area (TPSA) is 0 Å². The van der Waals surface area contributed by atoms with Crippen molar-refractivity contribution in [3.05, 3.63) is 34.9 Å². The van der Waals surface area contributed by atoms with Crippen LogP contribution in [0, 0.1) is 12.3 Å². The van der Waals surface area contributed by atoms with Gasteiger partial charge in [0.1, 0.15) is 0 Å². The highest BCUT2D eigenvalue weighted by Gasteiger charge is 2.19. The lowest BCUT2D eigenvalue weighted by Crippen LogP contribution is -2.16. The number of benzene rings is 1. The van der Waals surface area contributed by atoms with Crippen LogP contribution < -0.4 is 0 Å². The molecule has 0 aromatic heterocycles. The van der Waals surface area contributed by atoms with Crippen LogP contribution in [-0.4, -0.2) is 0 Å². The lowest BCUT2D eigenvalue weighted by molar-refractivity contribution is 0.409. The van der Waals surface area contributed by atoms with Gasteiger partial charge < -0.3 is 0 Å². The predicted molar refractivity (Wildman–Crippen MR) is 73.0 cm³/mol. The molecule has 0 saturated carbocycles. The predicted octanol–water partition coefficient (Wildman–Crippen LogP) is 4.88. The van der Waals surface area contributed by atoms with Gasteiger partial charge in [0.05, 0.1) is 0 Å². The summed E-state index contributed by atoms with van der Waals surface area (Å²) in [6, 6.07) is 6.74. The van der Waals surface area contributed by atoms with Crippen molar-refractivity contribution in [3.63, 3.8) is 0 Å². The third kappa shape index (κ3) is 3.37. The number of hydrogen-bond donors (Lipinski definition) is 0. The maximum Gasteiger partial charge on any atom is -0.0129 e. The van der Waals surface area contributed by atoms with Crippen LogP contribution in [0.25, 0.3) is 0 Å². The largest absolute Gasteiger partial charge is 0.0617 e. The van der Waals surface area contributed by atoms with Gasteiger partial charge in [0.15, 0.2) is 0 Å². The van der Waals surface area contributed by atoms with E-state index in [1.165, 1.54) is 16.7 Å². The van der Waals surface area contributed by atoms with Gasteiger partial charge in [-0.05, 0) is 40.9 Å². The van der Waals surface area contributed by atoms with Crippen LogP contribution in [0.1, 0.15) is 58.2 Å². The Morgan fingerprint density at radius 2 is 1.50 bits per heavy atom. The van der Waals surface area contributed by atoms with E-state index in [2.05, 4.69) is 66.7 Å². The summed E-state index contributed by atoms with van der Waals surface area (Å²) < 4.78 is 0. The van der Waals surface area contributed by atoms with E-state index in [0.717, 1.165) is 6.42 Å². The van der Waals surface area contributed by atoms with E-state index in [1.54, 1.807) is 0 Å². The standard InChI is InChI=1S/C16H26/c1-12-13(11-15(2,3)4)9-8-10-14(12)16(5,6)7/h8-10H,11H2,1-7H3. The first-order valence-electron chi connectivity index (χ1n) is 6.20. The molecule has 0 spiro atoms. The quantitative estimate of drug-likeness (QED) is 0.630. The SMILES string of the molecule is Cc1c(CC(C)(C)C)cccc1C(C)(C)C. The van der Waals surface area contributed by atoms with Crippen LogP contribution in [0.2, 0.25) is 0 Å². The van der Waals surface area contributed by atoms with Crippen LogP contribution in [0.5, 0.6) is 0 Å². The minimum absolute atomic E-state index is 0.248. The summed E-state index contributed by atoms with van der Waals surface area (Å²) in [4.78, 5) is 0. The summed E-state index contributed by atoms with van der Waals surface area (Å²) in [7, 11) is 0. The van der Waals surface area contributed by atoms with Crippen molar-refractivity contribution in [1.82, 2.24) is 0 Å². The average molecular weight is 218 g/mol. The van der Waals surface area contributed by atoms with Gasteiger partial charge in [-0.25, -0.2) is 0 Å².